The number of fused-ring (bicyclic) bond motifs is 1. The average Bonchev–Trinajstić information content (AvgIpc) is 2.99. The number of rotatable bonds is 2. The molecule has 0 aliphatic heterocycles. The Hall–Kier alpha value is -1.19. The maximum absolute atomic E-state index is 4.42. The van der Waals surface area contributed by atoms with E-state index in [0.29, 0.717) is 5.92 Å². The summed E-state index contributed by atoms with van der Waals surface area (Å²) in [5.41, 5.74) is 2.00. The number of aryl methyl sites for hydroxylation is 1. The molecular weight excluding hydrogens is 200 g/mol. The Balaban J connectivity index is 1.67. The minimum atomic E-state index is 0.660. The van der Waals surface area contributed by atoms with Crippen LogP contribution >= 0.6 is 0 Å². The molecule has 2 aliphatic rings. The summed E-state index contributed by atoms with van der Waals surface area (Å²) in [6.45, 7) is 3.97. The molecule has 1 aromatic heterocycles. The molecular formula is C12H18N4. The van der Waals surface area contributed by atoms with E-state index in [1.807, 2.05) is 13.8 Å². The van der Waals surface area contributed by atoms with E-state index in [9.17, 15) is 0 Å². The third kappa shape index (κ3) is 1.77. The lowest BCUT2D eigenvalue weighted by molar-refractivity contribution is 0.422. The van der Waals surface area contributed by atoms with Crippen molar-refractivity contribution in [1.29, 1.82) is 0 Å². The highest BCUT2D eigenvalue weighted by molar-refractivity contribution is 5.60. The third-order valence-corrected chi connectivity index (χ3v) is 4.07. The van der Waals surface area contributed by atoms with Crippen molar-refractivity contribution >= 4 is 6.21 Å². The number of nitrogens with zero attached hydrogens (tertiary/aromatic N) is 4. The summed E-state index contributed by atoms with van der Waals surface area (Å²) in [5, 5.41) is 12.4. The van der Waals surface area contributed by atoms with Gasteiger partial charge in [0.15, 0.2) is 0 Å². The Labute approximate surface area is 95.7 Å². The fourth-order valence-electron chi connectivity index (χ4n) is 2.68. The SMILES string of the molecule is Cc1nnn(/N=C/C2CCC3CC3C2)c1C. The van der Waals surface area contributed by atoms with Crippen molar-refractivity contribution in [3.05, 3.63) is 11.4 Å². The molecule has 2 fully saturated rings. The summed E-state index contributed by atoms with van der Waals surface area (Å²) in [5.74, 6) is 2.72. The van der Waals surface area contributed by atoms with Gasteiger partial charge in [0.05, 0.1) is 11.4 Å². The lowest BCUT2D eigenvalue weighted by Crippen LogP contribution is -2.11. The normalized spacial score (nSPS) is 33.0. The molecule has 86 valence electrons. The number of aromatic nitrogens is 3. The number of hydrogen-bond acceptors (Lipinski definition) is 3. The van der Waals surface area contributed by atoms with Crippen molar-refractivity contribution in [3.63, 3.8) is 0 Å². The van der Waals surface area contributed by atoms with Crippen molar-refractivity contribution in [2.45, 2.75) is 39.5 Å². The molecule has 0 saturated heterocycles. The average molecular weight is 218 g/mol. The maximum Gasteiger partial charge on any atom is 0.0848 e. The highest BCUT2D eigenvalue weighted by atomic mass is 15.6. The van der Waals surface area contributed by atoms with Crippen molar-refractivity contribution in [1.82, 2.24) is 15.1 Å². The molecule has 4 nitrogen and oxygen atoms in total. The van der Waals surface area contributed by atoms with E-state index in [1.165, 1.54) is 25.7 Å². The van der Waals surface area contributed by atoms with Gasteiger partial charge < -0.3 is 0 Å². The largest absolute Gasteiger partial charge is 0.162 e. The van der Waals surface area contributed by atoms with E-state index < -0.39 is 0 Å². The molecule has 1 heterocycles. The lowest BCUT2D eigenvalue weighted by atomic mass is 9.90. The van der Waals surface area contributed by atoms with Crippen molar-refractivity contribution in [2.75, 3.05) is 0 Å². The standard InChI is InChI=1S/C12H18N4/c1-8-9(2)16(15-14-8)13-7-10-3-4-11-6-12(11)5-10/h7,10-12H,3-6H2,1-2H3/b13-7+. The van der Waals surface area contributed by atoms with Crippen LogP contribution in [-0.4, -0.2) is 21.3 Å². The quantitative estimate of drug-likeness (QED) is 0.714. The highest BCUT2D eigenvalue weighted by Crippen LogP contribution is 2.50. The van der Waals surface area contributed by atoms with Crippen LogP contribution in [0.25, 0.3) is 0 Å². The van der Waals surface area contributed by atoms with Gasteiger partial charge >= 0.3 is 0 Å². The van der Waals surface area contributed by atoms with E-state index in [-0.39, 0.29) is 0 Å². The van der Waals surface area contributed by atoms with Gasteiger partial charge in [-0.15, -0.1) is 9.89 Å². The van der Waals surface area contributed by atoms with E-state index in [1.54, 1.807) is 4.79 Å². The molecule has 0 radical (unpaired) electrons. The van der Waals surface area contributed by atoms with Crippen LogP contribution in [-0.2, 0) is 0 Å². The molecule has 0 spiro atoms. The molecule has 16 heavy (non-hydrogen) atoms. The van der Waals surface area contributed by atoms with E-state index in [2.05, 4.69) is 21.6 Å². The van der Waals surface area contributed by atoms with Gasteiger partial charge in [-0.2, -0.15) is 5.10 Å². The summed E-state index contributed by atoms with van der Waals surface area (Å²) in [6.07, 6.45) is 7.58. The van der Waals surface area contributed by atoms with Gasteiger partial charge in [-0.25, -0.2) is 0 Å². The van der Waals surface area contributed by atoms with Gasteiger partial charge in [-0.1, -0.05) is 0 Å². The van der Waals surface area contributed by atoms with Crippen molar-refractivity contribution < 1.29 is 0 Å². The van der Waals surface area contributed by atoms with Crippen LogP contribution in [0.15, 0.2) is 5.10 Å². The van der Waals surface area contributed by atoms with E-state index in [0.717, 1.165) is 23.2 Å². The minimum absolute atomic E-state index is 0.660. The molecule has 0 amide bonds. The zero-order valence-corrected chi connectivity index (χ0v) is 9.93. The van der Waals surface area contributed by atoms with Crippen molar-refractivity contribution in [3.8, 4) is 0 Å². The predicted molar refractivity (Wildman–Crippen MR) is 62.3 cm³/mol. The molecule has 3 atom stereocenters. The molecule has 2 aliphatic carbocycles. The van der Waals surface area contributed by atoms with Crippen LogP contribution in [0.2, 0.25) is 0 Å². The fraction of sp³-hybridized carbons (Fsp3) is 0.750. The van der Waals surface area contributed by atoms with Gasteiger partial charge in [0, 0.05) is 6.21 Å². The summed E-state index contributed by atoms with van der Waals surface area (Å²) in [4.78, 5) is 1.65. The van der Waals surface area contributed by atoms with Gasteiger partial charge in [0.2, 0.25) is 0 Å². The van der Waals surface area contributed by atoms with Crippen molar-refractivity contribution in [2.24, 2.45) is 22.9 Å². The van der Waals surface area contributed by atoms with Gasteiger partial charge in [-0.05, 0) is 62.5 Å². The fourth-order valence-corrected chi connectivity index (χ4v) is 2.68. The Bertz CT molecular complexity index is 421. The van der Waals surface area contributed by atoms with Crippen LogP contribution in [0.5, 0.6) is 0 Å². The summed E-state index contributed by atoms with van der Waals surface area (Å²) in [7, 11) is 0. The van der Waals surface area contributed by atoms with Crippen LogP contribution < -0.4 is 0 Å². The minimum Gasteiger partial charge on any atom is -0.162 e. The Morgan fingerprint density at radius 2 is 2.12 bits per heavy atom. The second-order valence-electron chi connectivity index (χ2n) is 5.24. The second-order valence-corrected chi connectivity index (χ2v) is 5.24. The van der Waals surface area contributed by atoms with Gasteiger partial charge in [0.1, 0.15) is 0 Å². The monoisotopic (exact) mass is 218 g/mol. The first kappa shape index (κ1) is 10.00. The summed E-state index contributed by atoms with van der Waals surface area (Å²) >= 11 is 0. The van der Waals surface area contributed by atoms with Crippen LogP contribution in [0.1, 0.15) is 37.1 Å². The first-order valence-electron chi connectivity index (χ1n) is 6.17. The Morgan fingerprint density at radius 3 is 2.81 bits per heavy atom. The lowest BCUT2D eigenvalue weighted by Gasteiger charge is -2.16. The molecule has 0 bridgehead atoms. The molecule has 4 heteroatoms. The number of hydrogen-bond donors (Lipinski definition) is 0. The highest BCUT2D eigenvalue weighted by Gasteiger charge is 2.41. The first-order valence-corrected chi connectivity index (χ1v) is 6.17. The topological polar surface area (TPSA) is 43.1 Å². The molecule has 3 unspecified atom stereocenters. The first-order chi connectivity index (χ1) is 7.74. The van der Waals surface area contributed by atoms with Gasteiger partial charge in [0.25, 0.3) is 0 Å². The zero-order valence-electron chi connectivity index (χ0n) is 9.93. The molecule has 0 aromatic carbocycles. The molecule has 3 rings (SSSR count). The van der Waals surface area contributed by atoms with E-state index in [4.69, 9.17) is 0 Å². The van der Waals surface area contributed by atoms with Crippen LogP contribution in [0, 0.1) is 31.6 Å². The Kier molecular flexibility index (Phi) is 2.30. The maximum atomic E-state index is 4.42. The molecule has 1 aromatic rings. The Morgan fingerprint density at radius 1 is 1.25 bits per heavy atom. The second kappa shape index (κ2) is 3.68. The van der Waals surface area contributed by atoms with E-state index >= 15 is 0 Å². The molecule has 0 N–H and O–H groups in total. The third-order valence-electron chi connectivity index (χ3n) is 4.07. The van der Waals surface area contributed by atoms with Crippen LogP contribution in [0.4, 0.5) is 0 Å². The van der Waals surface area contributed by atoms with Crippen LogP contribution in [0.3, 0.4) is 0 Å². The zero-order chi connectivity index (χ0) is 11.1. The summed E-state index contributed by atoms with van der Waals surface area (Å²) in [6, 6.07) is 0. The van der Waals surface area contributed by atoms with Gasteiger partial charge in [-0.3, -0.25) is 0 Å². The predicted octanol–water partition coefficient (Wildman–Crippen LogP) is 2.17. The molecule has 2 saturated carbocycles. The smallest absolute Gasteiger partial charge is 0.0848 e. The summed E-state index contributed by atoms with van der Waals surface area (Å²) < 4.78 is 0.